The molecule has 0 unspecified atom stereocenters. The van der Waals surface area contributed by atoms with E-state index < -0.39 is 22.9 Å². The second-order valence-corrected chi connectivity index (χ2v) is 11.3. The number of alkyl halides is 2. The fraction of sp³-hybridized carbons (Fsp3) is 0.500. The summed E-state index contributed by atoms with van der Waals surface area (Å²) in [6.45, 7) is 6.36. The number of hydrogen-bond donors (Lipinski definition) is 1. The summed E-state index contributed by atoms with van der Waals surface area (Å²) in [5.74, 6) is -3.40. The van der Waals surface area contributed by atoms with Crippen LogP contribution in [-0.2, 0) is 31.5 Å². The Balaban J connectivity index is 0.00000173. The first kappa shape index (κ1) is 29.6. The number of anilines is 1. The first-order valence-electron chi connectivity index (χ1n) is 14.9. The van der Waals surface area contributed by atoms with Crippen molar-refractivity contribution in [2.24, 2.45) is 13.0 Å². The molecule has 8 nitrogen and oxygen atoms in total. The lowest BCUT2D eigenvalue weighted by atomic mass is 9.86. The average molecular weight is 577 g/mol. The molecule has 0 radical (unpaired) electrons. The highest BCUT2D eigenvalue weighted by molar-refractivity contribution is 5.88. The Morgan fingerprint density at radius 3 is 2.50 bits per heavy atom. The van der Waals surface area contributed by atoms with Gasteiger partial charge < -0.3 is 5.32 Å². The van der Waals surface area contributed by atoms with Crippen molar-refractivity contribution in [3.63, 3.8) is 0 Å². The number of nitrogens with one attached hydrogen (secondary N) is 1. The highest BCUT2D eigenvalue weighted by Gasteiger charge is 2.47. The fourth-order valence-electron chi connectivity index (χ4n) is 6.11. The number of halogens is 2. The topological polar surface area (TPSA) is 96.0 Å². The van der Waals surface area contributed by atoms with E-state index in [1.54, 1.807) is 25.2 Å². The minimum Gasteiger partial charge on any atom is -0.365 e. The zero-order chi connectivity index (χ0) is 30.1. The maximum Gasteiger partial charge on any atom is 0.351 e. The summed E-state index contributed by atoms with van der Waals surface area (Å²) >= 11 is 0. The van der Waals surface area contributed by atoms with Gasteiger partial charge in [-0.05, 0) is 62.9 Å². The van der Waals surface area contributed by atoms with Gasteiger partial charge in [0.2, 0.25) is 0 Å². The molecule has 3 aromatic rings. The van der Waals surface area contributed by atoms with Gasteiger partial charge in [0.15, 0.2) is 0 Å². The van der Waals surface area contributed by atoms with Gasteiger partial charge in [0.25, 0.3) is 11.5 Å². The summed E-state index contributed by atoms with van der Waals surface area (Å²) < 4.78 is 34.1. The highest BCUT2D eigenvalue weighted by Crippen LogP contribution is 2.47. The second-order valence-electron chi connectivity index (χ2n) is 11.3. The van der Waals surface area contributed by atoms with Crippen LogP contribution in [0, 0.1) is 17.2 Å². The zero-order valence-electron chi connectivity index (χ0n) is 24.5. The number of hydrogen-bond acceptors (Lipinski definition) is 6. The van der Waals surface area contributed by atoms with Crippen molar-refractivity contribution < 1.29 is 8.78 Å². The van der Waals surface area contributed by atoms with Crippen molar-refractivity contribution in [3.05, 3.63) is 80.0 Å². The molecule has 1 aliphatic carbocycles. The van der Waals surface area contributed by atoms with Gasteiger partial charge in [-0.3, -0.25) is 18.8 Å². The van der Waals surface area contributed by atoms with E-state index >= 15 is 8.78 Å². The number of pyridine rings is 1. The van der Waals surface area contributed by atoms with Crippen molar-refractivity contribution in [1.29, 1.82) is 5.26 Å². The van der Waals surface area contributed by atoms with Crippen LogP contribution in [0.5, 0.6) is 0 Å². The van der Waals surface area contributed by atoms with E-state index in [0.717, 1.165) is 0 Å². The molecule has 42 heavy (non-hydrogen) atoms. The van der Waals surface area contributed by atoms with Crippen molar-refractivity contribution in [2.75, 3.05) is 25.0 Å². The molecule has 2 fully saturated rings. The van der Waals surface area contributed by atoms with Crippen LogP contribution < -0.4 is 16.6 Å². The van der Waals surface area contributed by atoms with Crippen LogP contribution in [-0.4, -0.2) is 38.7 Å². The van der Waals surface area contributed by atoms with Crippen molar-refractivity contribution in [1.82, 2.24) is 19.0 Å². The third-order valence-corrected chi connectivity index (χ3v) is 8.73. The number of aryl methyl sites for hydroxylation is 2. The Morgan fingerprint density at radius 1 is 1.07 bits per heavy atom. The predicted molar refractivity (Wildman–Crippen MR) is 160 cm³/mol. The van der Waals surface area contributed by atoms with E-state index in [1.165, 1.54) is 21.3 Å². The summed E-state index contributed by atoms with van der Waals surface area (Å²) in [6.07, 6.45) is 6.59. The second kappa shape index (κ2) is 11.8. The number of nitriles is 1. The van der Waals surface area contributed by atoms with Crippen molar-refractivity contribution in [3.8, 4) is 6.07 Å². The van der Waals surface area contributed by atoms with Crippen LogP contribution in [0.1, 0.15) is 62.6 Å². The van der Waals surface area contributed by atoms with Gasteiger partial charge in [0.1, 0.15) is 11.5 Å². The predicted octanol–water partition coefficient (Wildman–Crippen LogP) is 5.05. The van der Waals surface area contributed by atoms with Crippen LogP contribution in [0.15, 0.2) is 52.1 Å². The maximum atomic E-state index is 15.6. The molecule has 7 heterocycles. The molecule has 0 spiro atoms. The van der Waals surface area contributed by atoms with E-state index in [-0.39, 0.29) is 23.5 Å². The number of aromatic nitrogens is 3. The molecule has 10 heteroatoms. The molecule has 1 aromatic carbocycles. The zero-order valence-corrected chi connectivity index (χ0v) is 24.5. The first-order chi connectivity index (χ1) is 20.2. The smallest absolute Gasteiger partial charge is 0.351 e. The lowest BCUT2D eigenvalue weighted by Crippen LogP contribution is -2.39. The summed E-state index contributed by atoms with van der Waals surface area (Å²) in [7, 11) is 1.61. The van der Waals surface area contributed by atoms with Gasteiger partial charge in [-0.1, -0.05) is 44.2 Å². The molecular formula is C32H38F2N6O2. The Hall–Kier alpha value is -3.84. The van der Waals surface area contributed by atoms with Crippen LogP contribution in [0.4, 0.5) is 14.6 Å². The quantitative estimate of drug-likeness (QED) is 0.408. The molecule has 222 valence electrons. The average Bonchev–Trinajstić information content (AvgIpc) is 3.81. The number of nitrogens with zero attached hydrogens (tertiary/aromatic N) is 5. The number of allylic oxidation sites excluding steroid dienone is 1. The van der Waals surface area contributed by atoms with E-state index in [9.17, 15) is 14.9 Å². The normalized spacial score (nSPS) is 23.3. The number of rotatable bonds is 1. The Bertz CT molecular complexity index is 1660. The first-order valence-corrected chi connectivity index (χ1v) is 14.9. The molecular weight excluding hydrogens is 538 g/mol. The molecule has 6 bridgehead atoms. The van der Waals surface area contributed by atoms with Gasteiger partial charge in [0.05, 0.1) is 16.9 Å². The molecule has 1 saturated heterocycles. The Kier molecular flexibility index (Phi) is 8.33. The molecule has 2 aromatic heterocycles. The van der Waals surface area contributed by atoms with Crippen LogP contribution in [0.3, 0.4) is 0 Å². The van der Waals surface area contributed by atoms with Crippen LogP contribution in [0.25, 0.3) is 11.0 Å². The molecule has 0 amide bonds. The van der Waals surface area contributed by atoms with Crippen molar-refractivity contribution in [2.45, 2.75) is 70.4 Å². The highest BCUT2D eigenvalue weighted by atomic mass is 19.3. The summed E-state index contributed by atoms with van der Waals surface area (Å²) in [5, 5.41) is 13.5. The molecule has 1 saturated carbocycles. The standard InChI is InChI=1S/C30H32F2N6O2.C2H6/c1-36-26-23(17-24(27(36)39)29(19-33)10-11-29)25-34-18-20-6-5-7-22(16-20)30(31,32)21-8-14-37(15-9-21)12-3-2-4-13-38(26)28(40)35-25;1-2/h2-3,5-7,16-17,21H,4,8-15,18H2,1H3,(H,34,35,40);1-2H3/b3-2-;. The van der Waals surface area contributed by atoms with Gasteiger partial charge in [0, 0.05) is 43.7 Å². The SMILES string of the molecule is CC.Cn1c(=O)c(C2(C#N)CC2)cc2c3nc(=O)n(c21)CC/C=C\CN1CCC(CC1)C(F)(F)c1cccc(c1)CN3. The summed E-state index contributed by atoms with van der Waals surface area (Å²) in [6, 6.07) is 10.4. The summed E-state index contributed by atoms with van der Waals surface area (Å²) in [5.41, 5.74) is -0.201. The van der Waals surface area contributed by atoms with Crippen LogP contribution >= 0.6 is 0 Å². The third kappa shape index (κ3) is 5.38. The Morgan fingerprint density at radius 2 is 1.81 bits per heavy atom. The molecule has 9 rings (SSSR count). The maximum absolute atomic E-state index is 15.6. The Labute approximate surface area is 244 Å². The minimum atomic E-state index is -2.95. The van der Waals surface area contributed by atoms with E-state index in [1.807, 2.05) is 26.0 Å². The van der Waals surface area contributed by atoms with E-state index in [0.29, 0.717) is 80.4 Å². The summed E-state index contributed by atoms with van der Waals surface area (Å²) in [4.78, 5) is 33.2. The third-order valence-electron chi connectivity index (χ3n) is 8.73. The van der Waals surface area contributed by atoms with Gasteiger partial charge in [-0.15, -0.1) is 0 Å². The minimum absolute atomic E-state index is 0.00863. The molecule has 1 N–H and O–H groups in total. The number of benzene rings is 1. The molecule has 5 aliphatic heterocycles. The van der Waals surface area contributed by atoms with E-state index in [4.69, 9.17) is 0 Å². The molecule has 0 atom stereocenters. The van der Waals surface area contributed by atoms with Gasteiger partial charge >= 0.3 is 5.69 Å². The lowest BCUT2D eigenvalue weighted by Gasteiger charge is -2.35. The van der Waals surface area contributed by atoms with Crippen LogP contribution in [0.2, 0.25) is 0 Å². The lowest BCUT2D eigenvalue weighted by molar-refractivity contribution is -0.0847. The monoisotopic (exact) mass is 576 g/mol. The largest absolute Gasteiger partial charge is 0.365 e. The van der Waals surface area contributed by atoms with Crippen molar-refractivity contribution >= 4 is 16.9 Å². The van der Waals surface area contributed by atoms with Gasteiger partial charge in [-0.2, -0.15) is 10.2 Å². The number of piperidine rings is 1. The van der Waals surface area contributed by atoms with E-state index in [2.05, 4.69) is 21.3 Å². The van der Waals surface area contributed by atoms with Gasteiger partial charge in [-0.25, -0.2) is 13.6 Å². The molecule has 6 aliphatic rings. The fourth-order valence-corrected chi connectivity index (χ4v) is 6.11.